The molecule has 2 rings (SSSR count). The highest BCUT2D eigenvalue weighted by atomic mass is 16.3. The van der Waals surface area contributed by atoms with Gasteiger partial charge in [0, 0.05) is 37.1 Å². The molecule has 2 fully saturated rings. The van der Waals surface area contributed by atoms with Gasteiger partial charge in [-0.3, -0.25) is 9.59 Å². The zero-order chi connectivity index (χ0) is 17.0. The number of carbonyl (C=O) groups is 2. The summed E-state index contributed by atoms with van der Waals surface area (Å²) < 4.78 is 0. The van der Waals surface area contributed by atoms with Gasteiger partial charge in [0.2, 0.25) is 11.8 Å². The third-order valence-electron chi connectivity index (χ3n) is 5.23. The minimum absolute atomic E-state index is 0.0960. The highest BCUT2D eigenvalue weighted by molar-refractivity contribution is 5.82. The van der Waals surface area contributed by atoms with Crippen LogP contribution in [0.3, 0.4) is 0 Å². The maximum Gasteiger partial charge on any atom is 0.225 e. The largest absolute Gasteiger partial charge is 0.396 e. The van der Waals surface area contributed by atoms with Crippen molar-refractivity contribution in [1.29, 1.82) is 0 Å². The molecule has 2 amide bonds. The van der Waals surface area contributed by atoms with Gasteiger partial charge in [0.15, 0.2) is 0 Å². The van der Waals surface area contributed by atoms with E-state index in [0.717, 1.165) is 51.6 Å². The summed E-state index contributed by atoms with van der Waals surface area (Å²) in [6.45, 7) is 7.63. The lowest BCUT2D eigenvalue weighted by molar-refractivity contribution is -0.135. The highest BCUT2D eigenvalue weighted by Crippen LogP contribution is 2.29. The number of nitrogens with one attached hydrogen (secondary N) is 1. The Bertz CT molecular complexity index is 422. The van der Waals surface area contributed by atoms with Crippen LogP contribution in [0.2, 0.25) is 0 Å². The third kappa shape index (κ3) is 4.93. The van der Waals surface area contributed by atoms with E-state index in [0.29, 0.717) is 5.92 Å². The zero-order valence-corrected chi connectivity index (χ0v) is 14.8. The minimum atomic E-state index is -0.357. The van der Waals surface area contributed by atoms with Gasteiger partial charge in [-0.25, -0.2) is 0 Å². The lowest BCUT2D eigenvalue weighted by atomic mass is 9.84. The van der Waals surface area contributed by atoms with Crippen LogP contribution in [0.5, 0.6) is 0 Å². The van der Waals surface area contributed by atoms with Gasteiger partial charge < -0.3 is 15.3 Å². The molecule has 1 heterocycles. The zero-order valence-electron chi connectivity index (χ0n) is 14.8. The predicted molar refractivity (Wildman–Crippen MR) is 89.7 cm³/mol. The molecule has 1 unspecified atom stereocenters. The third-order valence-corrected chi connectivity index (χ3v) is 5.23. The van der Waals surface area contributed by atoms with Crippen LogP contribution in [-0.2, 0) is 9.59 Å². The molecule has 0 radical (unpaired) electrons. The summed E-state index contributed by atoms with van der Waals surface area (Å²) in [7, 11) is 0. The fourth-order valence-electron chi connectivity index (χ4n) is 3.60. The van der Waals surface area contributed by atoms with Gasteiger partial charge in [0.05, 0.1) is 0 Å². The fourth-order valence-corrected chi connectivity index (χ4v) is 3.60. The summed E-state index contributed by atoms with van der Waals surface area (Å²) in [5.74, 6) is 0.960. The lowest BCUT2D eigenvalue weighted by Crippen LogP contribution is -2.45. The number of aliphatic hydroxyl groups is 1. The first kappa shape index (κ1) is 18.2. The second kappa shape index (κ2) is 7.65. The molecular formula is C18H32N2O3. The van der Waals surface area contributed by atoms with Gasteiger partial charge in [-0.15, -0.1) is 0 Å². The van der Waals surface area contributed by atoms with Crippen LogP contribution in [0.4, 0.5) is 0 Å². The molecule has 132 valence electrons. The van der Waals surface area contributed by atoms with E-state index >= 15 is 0 Å². The van der Waals surface area contributed by atoms with Gasteiger partial charge in [0.25, 0.3) is 0 Å². The monoisotopic (exact) mass is 324 g/mol. The van der Waals surface area contributed by atoms with Crippen LogP contribution in [0, 0.1) is 17.3 Å². The molecule has 1 saturated heterocycles. The Morgan fingerprint density at radius 1 is 1.13 bits per heavy atom. The number of amides is 2. The second-order valence-corrected chi connectivity index (χ2v) is 8.22. The summed E-state index contributed by atoms with van der Waals surface area (Å²) in [5, 5.41) is 12.1. The van der Waals surface area contributed by atoms with E-state index in [1.807, 2.05) is 25.7 Å². The van der Waals surface area contributed by atoms with Gasteiger partial charge in [-0.1, -0.05) is 20.8 Å². The fraction of sp³-hybridized carbons (Fsp3) is 0.889. The van der Waals surface area contributed by atoms with E-state index in [1.54, 1.807) is 0 Å². The molecule has 23 heavy (non-hydrogen) atoms. The van der Waals surface area contributed by atoms with Crippen molar-refractivity contribution < 1.29 is 14.7 Å². The van der Waals surface area contributed by atoms with Gasteiger partial charge in [-0.05, 0) is 44.4 Å². The van der Waals surface area contributed by atoms with Crippen LogP contribution < -0.4 is 5.32 Å². The average Bonchev–Trinajstić information content (AvgIpc) is 2.95. The standard InChI is InChI=1S/C18H32N2O3/c1-18(2,3)17(23)19-15-6-4-14(5-7-15)16(22)20-10-8-13(12-20)9-11-21/h13-15,21H,4-12H2,1-3H3,(H,19,23). The van der Waals surface area contributed by atoms with Crippen LogP contribution in [0.1, 0.15) is 59.3 Å². The second-order valence-electron chi connectivity index (χ2n) is 8.22. The van der Waals surface area contributed by atoms with Gasteiger partial charge >= 0.3 is 0 Å². The van der Waals surface area contributed by atoms with Crippen molar-refractivity contribution >= 4 is 11.8 Å². The molecule has 0 spiro atoms. The molecule has 5 nitrogen and oxygen atoms in total. The number of hydrogen-bond acceptors (Lipinski definition) is 3. The van der Waals surface area contributed by atoms with Crippen molar-refractivity contribution in [1.82, 2.24) is 10.2 Å². The van der Waals surface area contributed by atoms with Crippen molar-refractivity contribution in [2.45, 2.75) is 65.3 Å². The number of likely N-dealkylation sites (tertiary alicyclic amines) is 1. The minimum Gasteiger partial charge on any atom is -0.396 e. The Balaban J connectivity index is 1.76. The Morgan fingerprint density at radius 3 is 2.35 bits per heavy atom. The molecule has 0 aromatic rings. The normalized spacial score (nSPS) is 28.7. The summed E-state index contributed by atoms with van der Waals surface area (Å²) in [6.07, 6.45) is 5.35. The number of carbonyl (C=O) groups excluding carboxylic acids is 2. The first-order chi connectivity index (χ1) is 10.8. The number of aliphatic hydroxyl groups excluding tert-OH is 1. The van der Waals surface area contributed by atoms with E-state index in [2.05, 4.69) is 5.32 Å². The topological polar surface area (TPSA) is 69.6 Å². The lowest BCUT2D eigenvalue weighted by Gasteiger charge is -2.32. The van der Waals surface area contributed by atoms with E-state index in [1.165, 1.54) is 0 Å². The van der Waals surface area contributed by atoms with E-state index in [-0.39, 0.29) is 35.8 Å². The maximum atomic E-state index is 12.6. The predicted octanol–water partition coefficient (Wildman–Crippen LogP) is 1.94. The van der Waals surface area contributed by atoms with Crippen LogP contribution in [0.15, 0.2) is 0 Å². The van der Waals surface area contributed by atoms with Crippen molar-refractivity contribution in [3.05, 3.63) is 0 Å². The van der Waals surface area contributed by atoms with Crippen molar-refractivity contribution in [2.75, 3.05) is 19.7 Å². The first-order valence-corrected chi connectivity index (χ1v) is 9.02. The number of nitrogens with zero attached hydrogens (tertiary/aromatic N) is 1. The Hall–Kier alpha value is -1.10. The highest BCUT2D eigenvalue weighted by Gasteiger charge is 2.34. The molecule has 2 aliphatic rings. The SMILES string of the molecule is CC(C)(C)C(=O)NC1CCC(C(=O)N2CCC(CCO)C2)CC1. The molecule has 1 aliphatic heterocycles. The average molecular weight is 324 g/mol. The van der Waals surface area contributed by atoms with E-state index < -0.39 is 0 Å². The summed E-state index contributed by atoms with van der Waals surface area (Å²) in [4.78, 5) is 26.6. The summed E-state index contributed by atoms with van der Waals surface area (Å²) >= 11 is 0. The molecule has 2 N–H and O–H groups in total. The van der Waals surface area contributed by atoms with Gasteiger partial charge in [0.1, 0.15) is 0 Å². The molecule has 1 aliphatic carbocycles. The molecule has 0 aromatic heterocycles. The van der Waals surface area contributed by atoms with Crippen LogP contribution in [0.25, 0.3) is 0 Å². The van der Waals surface area contributed by atoms with Crippen molar-refractivity contribution in [3.63, 3.8) is 0 Å². The van der Waals surface area contributed by atoms with Crippen LogP contribution >= 0.6 is 0 Å². The summed E-state index contributed by atoms with van der Waals surface area (Å²) in [5.41, 5.74) is -0.357. The molecular weight excluding hydrogens is 292 g/mol. The first-order valence-electron chi connectivity index (χ1n) is 9.02. The summed E-state index contributed by atoms with van der Waals surface area (Å²) in [6, 6.07) is 0.214. The van der Waals surface area contributed by atoms with E-state index in [4.69, 9.17) is 5.11 Å². The molecule has 1 saturated carbocycles. The molecule has 5 heteroatoms. The van der Waals surface area contributed by atoms with Crippen molar-refractivity contribution in [3.8, 4) is 0 Å². The Kier molecular flexibility index (Phi) is 6.06. The molecule has 1 atom stereocenters. The van der Waals surface area contributed by atoms with E-state index in [9.17, 15) is 9.59 Å². The number of hydrogen-bond donors (Lipinski definition) is 2. The maximum absolute atomic E-state index is 12.6. The quantitative estimate of drug-likeness (QED) is 0.830. The smallest absolute Gasteiger partial charge is 0.225 e. The van der Waals surface area contributed by atoms with Gasteiger partial charge in [-0.2, -0.15) is 0 Å². The van der Waals surface area contributed by atoms with Crippen molar-refractivity contribution in [2.24, 2.45) is 17.3 Å². The van der Waals surface area contributed by atoms with Crippen LogP contribution in [-0.4, -0.2) is 47.6 Å². The molecule has 0 bridgehead atoms. The Labute approximate surface area is 139 Å². The number of rotatable bonds is 4. The Morgan fingerprint density at radius 2 is 1.78 bits per heavy atom. The molecule has 0 aromatic carbocycles.